The highest BCUT2D eigenvalue weighted by atomic mass is 16.5. The summed E-state index contributed by atoms with van der Waals surface area (Å²) >= 11 is 0. The summed E-state index contributed by atoms with van der Waals surface area (Å²) in [5.74, 6) is -1.69. The summed E-state index contributed by atoms with van der Waals surface area (Å²) in [6, 6.07) is 1.47. The SMILES string of the molecule is COC(=O)Cn1ccc2c(C(=O)O)[nH]cc2c1=O. The van der Waals surface area contributed by atoms with Crippen LogP contribution in [0.15, 0.2) is 23.3 Å². The Morgan fingerprint density at radius 2 is 2.17 bits per heavy atom. The summed E-state index contributed by atoms with van der Waals surface area (Å²) in [5, 5.41) is 9.44. The fourth-order valence-electron chi connectivity index (χ4n) is 1.68. The molecule has 2 rings (SSSR count). The Bertz CT molecular complexity index is 682. The molecule has 94 valence electrons. The predicted molar refractivity (Wildman–Crippen MR) is 61.5 cm³/mol. The van der Waals surface area contributed by atoms with E-state index in [9.17, 15) is 14.4 Å². The molecule has 2 N–H and O–H groups in total. The van der Waals surface area contributed by atoms with E-state index in [0.29, 0.717) is 5.39 Å². The number of hydrogen-bond acceptors (Lipinski definition) is 4. The van der Waals surface area contributed by atoms with Crippen molar-refractivity contribution in [1.82, 2.24) is 9.55 Å². The molecule has 2 aromatic rings. The van der Waals surface area contributed by atoms with Gasteiger partial charge in [0.25, 0.3) is 5.56 Å². The number of nitrogens with one attached hydrogen (secondary N) is 1. The lowest BCUT2D eigenvalue weighted by molar-refractivity contribution is -0.141. The van der Waals surface area contributed by atoms with Crippen LogP contribution in [0.1, 0.15) is 10.5 Å². The van der Waals surface area contributed by atoms with Gasteiger partial charge in [0.15, 0.2) is 0 Å². The third-order valence-electron chi connectivity index (χ3n) is 2.57. The van der Waals surface area contributed by atoms with Gasteiger partial charge in [0, 0.05) is 17.8 Å². The molecule has 0 saturated heterocycles. The second-order valence-electron chi connectivity index (χ2n) is 3.62. The number of carboxylic acids is 1. The number of aromatic amines is 1. The van der Waals surface area contributed by atoms with E-state index in [1.54, 1.807) is 0 Å². The summed E-state index contributed by atoms with van der Waals surface area (Å²) in [5.41, 5.74) is -0.492. The predicted octanol–water partition coefficient (Wildman–Crippen LogP) is 0.201. The van der Waals surface area contributed by atoms with Gasteiger partial charge < -0.3 is 19.4 Å². The Morgan fingerprint density at radius 1 is 1.44 bits per heavy atom. The zero-order chi connectivity index (χ0) is 13.3. The first kappa shape index (κ1) is 11.9. The molecule has 0 fully saturated rings. The number of aromatic nitrogens is 2. The maximum Gasteiger partial charge on any atom is 0.352 e. The van der Waals surface area contributed by atoms with Crippen molar-refractivity contribution in [3.63, 3.8) is 0 Å². The molecule has 0 unspecified atom stereocenters. The number of H-pyrrole nitrogens is 1. The summed E-state index contributed by atoms with van der Waals surface area (Å²) in [6.07, 6.45) is 2.68. The van der Waals surface area contributed by atoms with Gasteiger partial charge in [-0.05, 0) is 6.07 Å². The highest BCUT2D eigenvalue weighted by Crippen LogP contribution is 2.14. The van der Waals surface area contributed by atoms with Gasteiger partial charge in [-0.25, -0.2) is 4.79 Å². The Kier molecular flexibility index (Phi) is 2.88. The Morgan fingerprint density at radius 3 is 2.78 bits per heavy atom. The molecule has 0 aliphatic heterocycles. The number of aromatic carboxylic acids is 1. The van der Waals surface area contributed by atoms with Crippen LogP contribution >= 0.6 is 0 Å². The number of fused-ring (bicyclic) bond motifs is 1. The molecule has 2 heterocycles. The maximum absolute atomic E-state index is 12.0. The van der Waals surface area contributed by atoms with E-state index >= 15 is 0 Å². The van der Waals surface area contributed by atoms with Crippen LogP contribution in [-0.4, -0.2) is 33.7 Å². The van der Waals surface area contributed by atoms with Gasteiger partial charge in [0.05, 0.1) is 12.5 Å². The molecular weight excluding hydrogens is 240 g/mol. The number of carboxylic acid groups (broad SMARTS) is 1. The van der Waals surface area contributed by atoms with Gasteiger partial charge >= 0.3 is 11.9 Å². The molecule has 18 heavy (non-hydrogen) atoms. The normalized spacial score (nSPS) is 10.5. The third kappa shape index (κ3) is 1.86. The second kappa shape index (κ2) is 4.36. The van der Waals surface area contributed by atoms with E-state index in [0.717, 1.165) is 4.57 Å². The van der Waals surface area contributed by atoms with Crippen LogP contribution in [0.4, 0.5) is 0 Å². The van der Waals surface area contributed by atoms with Crippen molar-refractivity contribution in [2.24, 2.45) is 0 Å². The van der Waals surface area contributed by atoms with Crippen molar-refractivity contribution in [1.29, 1.82) is 0 Å². The topological polar surface area (TPSA) is 101 Å². The van der Waals surface area contributed by atoms with Crippen molar-refractivity contribution in [2.45, 2.75) is 6.54 Å². The summed E-state index contributed by atoms with van der Waals surface area (Å²) in [7, 11) is 1.23. The average molecular weight is 250 g/mol. The van der Waals surface area contributed by atoms with E-state index in [4.69, 9.17) is 5.11 Å². The average Bonchev–Trinajstić information content (AvgIpc) is 2.77. The summed E-state index contributed by atoms with van der Waals surface area (Å²) in [4.78, 5) is 36.5. The van der Waals surface area contributed by atoms with E-state index in [2.05, 4.69) is 9.72 Å². The minimum Gasteiger partial charge on any atom is -0.477 e. The highest BCUT2D eigenvalue weighted by Gasteiger charge is 2.14. The Hall–Kier alpha value is -2.57. The first-order valence-electron chi connectivity index (χ1n) is 5.05. The molecule has 0 spiro atoms. The first-order valence-corrected chi connectivity index (χ1v) is 5.05. The number of ether oxygens (including phenoxy) is 1. The minimum absolute atomic E-state index is 0.0488. The van der Waals surface area contributed by atoms with Gasteiger partial charge in [-0.15, -0.1) is 0 Å². The first-order chi connectivity index (χ1) is 8.54. The van der Waals surface area contributed by atoms with Crippen molar-refractivity contribution >= 4 is 22.7 Å². The zero-order valence-electron chi connectivity index (χ0n) is 9.47. The van der Waals surface area contributed by atoms with Gasteiger partial charge in [0.2, 0.25) is 0 Å². The van der Waals surface area contributed by atoms with E-state index in [-0.39, 0.29) is 17.6 Å². The number of esters is 1. The molecule has 0 aliphatic carbocycles. The quantitative estimate of drug-likeness (QED) is 0.758. The van der Waals surface area contributed by atoms with Crippen LogP contribution in [0.3, 0.4) is 0 Å². The van der Waals surface area contributed by atoms with Gasteiger partial charge in [-0.2, -0.15) is 0 Å². The van der Waals surface area contributed by atoms with Gasteiger partial charge in [-0.3, -0.25) is 9.59 Å². The molecule has 0 amide bonds. The van der Waals surface area contributed by atoms with Gasteiger partial charge in [-0.1, -0.05) is 0 Å². The number of carbonyl (C=O) groups is 2. The number of pyridine rings is 1. The maximum atomic E-state index is 12.0. The lowest BCUT2D eigenvalue weighted by Gasteiger charge is -2.03. The van der Waals surface area contributed by atoms with Crippen LogP contribution in [0.2, 0.25) is 0 Å². The lowest BCUT2D eigenvalue weighted by atomic mass is 10.2. The van der Waals surface area contributed by atoms with Crippen molar-refractivity contribution in [2.75, 3.05) is 7.11 Å². The fraction of sp³-hybridized carbons (Fsp3) is 0.182. The Balaban J connectivity index is 2.56. The lowest BCUT2D eigenvalue weighted by Crippen LogP contribution is -2.24. The zero-order valence-corrected chi connectivity index (χ0v) is 9.47. The van der Waals surface area contributed by atoms with Crippen LogP contribution in [-0.2, 0) is 16.1 Å². The number of nitrogens with zero attached hydrogens (tertiary/aromatic N) is 1. The largest absolute Gasteiger partial charge is 0.477 e. The van der Waals surface area contributed by atoms with Crippen molar-refractivity contribution in [3.8, 4) is 0 Å². The molecule has 7 heteroatoms. The van der Waals surface area contributed by atoms with E-state index in [1.165, 1.54) is 25.6 Å². The van der Waals surface area contributed by atoms with Crippen LogP contribution < -0.4 is 5.56 Å². The van der Waals surface area contributed by atoms with Crippen LogP contribution in [0, 0.1) is 0 Å². The van der Waals surface area contributed by atoms with Crippen molar-refractivity contribution in [3.05, 3.63) is 34.5 Å². The number of rotatable bonds is 3. The third-order valence-corrected chi connectivity index (χ3v) is 2.57. The molecule has 0 bridgehead atoms. The van der Waals surface area contributed by atoms with E-state index in [1.807, 2.05) is 0 Å². The molecule has 0 aliphatic rings. The smallest absolute Gasteiger partial charge is 0.352 e. The molecule has 0 atom stereocenters. The number of hydrogen-bond donors (Lipinski definition) is 2. The monoisotopic (exact) mass is 250 g/mol. The van der Waals surface area contributed by atoms with Crippen LogP contribution in [0.25, 0.3) is 10.8 Å². The fourth-order valence-corrected chi connectivity index (χ4v) is 1.68. The standard InChI is InChI=1S/C11H10N2O5/c1-18-8(14)5-13-3-2-6-7(10(13)15)4-12-9(6)11(16)17/h2-4,12H,5H2,1H3,(H,16,17). The molecule has 2 aromatic heterocycles. The minimum atomic E-state index is -1.14. The molecular formula is C11H10N2O5. The second-order valence-corrected chi connectivity index (χ2v) is 3.62. The number of methoxy groups -OCH3 is 1. The van der Waals surface area contributed by atoms with E-state index < -0.39 is 17.5 Å². The summed E-state index contributed by atoms with van der Waals surface area (Å²) in [6.45, 7) is -0.209. The molecule has 0 radical (unpaired) electrons. The molecule has 0 aromatic carbocycles. The van der Waals surface area contributed by atoms with Crippen LogP contribution in [0.5, 0.6) is 0 Å². The molecule has 7 nitrogen and oxygen atoms in total. The summed E-state index contributed by atoms with van der Waals surface area (Å²) < 4.78 is 5.62. The Labute approximate surface area is 101 Å². The molecule has 0 saturated carbocycles. The number of carbonyl (C=O) groups excluding carboxylic acids is 1. The highest BCUT2D eigenvalue weighted by molar-refractivity contribution is 6.02. The van der Waals surface area contributed by atoms with Crippen molar-refractivity contribution < 1.29 is 19.4 Å². The van der Waals surface area contributed by atoms with Gasteiger partial charge in [0.1, 0.15) is 12.2 Å².